The smallest absolute Gasteiger partial charge is 0.248 e. The summed E-state index contributed by atoms with van der Waals surface area (Å²) in [6.45, 7) is 0.516. The van der Waals surface area contributed by atoms with Crippen LogP contribution in [0.3, 0.4) is 0 Å². The molecule has 0 spiro atoms. The maximum Gasteiger partial charge on any atom is 0.248 e. The fourth-order valence-corrected chi connectivity index (χ4v) is 4.49. The van der Waals surface area contributed by atoms with Gasteiger partial charge in [0.05, 0.1) is 0 Å². The van der Waals surface area contributed by atoms with E-state index < -0.39 is 5.91 Å². The summed E-state index contributed by atoms with van der Waals surface area (Å²) in [6.07, 6.45) is 5.54. The van der Waals surface area contributed by atoms with E-state index >= 15 is 0 Å². The molecular weight excluding hydrogens is 416 g/mol. The van der Waals surface area contributed by atoms with E-state index in [2.05, 4.69) is 0 Å². The highest BCUT2D eigenvalue weighted by Gasteiger charge is 2.31. The Balaban J connectivity index is 1.45. The van der Waals surface area contributed by atoms with Gasteiger partial charge in [0.1, 0.15) is 0 Å². The maximum absolute atomic E-state index is 12.9. The second-order valence-corrected chi connectivity index (χ2v) is 8.80. The van der Waals surface area contributed by atoms with Crippen molar-refractivity contribution in [2.45, 2.75) is 25.4 Å². The molecule has 0 aliphatic heterocycles. The second kappa shape index (κ2) is 8.86. The summed E-state index contributed by atoms with van der Waals surface area (Å²) in [5, 5.41) is 0.716. The Morgan fingerprint density at radius 1 is 1.07 bits per heavy atom. The summed E-state index contributed by atoms with van der Waals surface area (Å²) in [4.78, 5) is 28.0. The van der Waals surface area contributed by atoms with Crippen LogP contribution in [-0.4, -0.2) is 22.8 Å². The lowest BCUT2D eigenvalue weighted by Crippen LogP contribution is -2.31. The number of thiophene rings is 1. The van der Waals surface area contributed by atoms with E-state index in [1.54, 1.807) is 29.5 Å². The molecule has 1 aliphatic rings. The van der Waals surface area contributed by atoms with Gasteiger partial charge in [-0.2, -0.15) is 0 Å². The Bertz CT molecular complexity index is 1100. The Morgan fingerprint density at radius 2 is 1.80 bits per heavy atom. The van der Waals surface area contributed by atoms with Crippen molar-refractivity contribution in [3.05, 3.63) is 87.8 Å². The molecule has 0 saturated heterocycles. The average molecular weight is 437 g/mol. The molecule has 6 heteroatoms. The number of halogens is 1. The average Bonchev–Trinajstić information content (AvgIpc) is 3.48. The molecule has 4 rings (SSSR count). The second-order valence-electron chi connectivity index (χ2n) is 7.27. The molecular formula is C24H21ClN2O2S. The number of rotatable bonds is 7. The number of hydrogen-bond donors (Lipinski definition) is 1. The summed E-state index contributed by atoms with van der Waals surface area (Å²) in [5.41, 5.74) is 7.73. The third-order valence-electron chi connectivity index (χ3n) is 5.02. The lowest BCUT2D eigenvalue weighted by Gasteiger charge is -2.21. The molecule has 2 amide bonds. The zero-order chi connectivity index (χ0) is 21.1. The van der Waals surface area contributed by atoms with E-state index in [0.29, 0.717) is 17.1 Å². The van der Waals surface area contributed by atoms with Gasteiger partial charge in [-0.25, -0.2) is 0 Å². The van der Waals surface area contributed by atoms with E-state index in [4.69, 9.17) is 17.3 Å². The monoisotopic (exact) mass is 436 g/mol. The molecule has 1 saturated carbocycles. The lowest BCUT2D eigenvalue weighted by molar-refractivity contribution is -0.127. The van der Waals surface area contributed by atoms with Gasteiger partial charge < -0.3 is 10.6 Å². The van der Waals surface area contributed by atoms with Crippen molar-refractivity contribution >= 4 is 40.8 Å². The Labute approximate surface area is 184 Å². The van der Waals surface area contributed by atoms with Gasteiger partial charge in [-0.05, 0) is 54.8 Å². The van der Waals surface area contributed by atoms with E-state index in [1.165, 1.54) is 0 Å². The van der Waals surface area contributed by atoms with Crippen LogP contribution in [0.25, 0.3) is 16.5 Å². The number of benzene rings is 2. The summed E-state index contributed by atoms with van der Waals surface area (Å²) < 4.78 is 0. The molecule has 4 nitrogen and oxygen atoms in total. The number of hydrogen-bond acceptors (Lipinski definition) is 3. The van der Waals surface area contributed by atoms with E-state index in [-0.39, 0.29) is 11.9 Å². The van der Waals surface area contributed by atoms with Crippen LogP contribution in [-0.2, 0) is 11.3 Å². The minimum absolute atomic E-state index is 0.0100. The van der Waals surface area contributed by atoms with Crippen LogP contribution in [0.4, 0.5) is 0 Å². The fraction of sp³-hybridized carbons (Fsp3) is 0.167. The molecule has 1 fully saturated rings. The van der Waals surface area contributed by atoms with Crippen molar-refractivity contribution in [1.29, 1.82) is 0 Å². The molecule has 0 atom stereocenters. The van der Waals surface area contributed by atoms with Crippen LogP contribution < -0.4 is 5.73 Å². The highest BCUT2D eigenvalue weighted by Crippen LogP contribution is 2.34. The summed E-state index contributed by atoms with van der Waals surface area (Å²) in [6, 6.07) is 19.1. The van der Waals surface area contributed by atoms with Crippen molar-refractivity contribution in [1.82, 2.24) is 4.90 Å². The van der Waals surface area contributed by atoms with Crippen molar-refractivity contribution < 1.29 is 9.59 Å². The van der Waals surface area contributed by atoms with E-state index in [1.807, 2.05) is 59.5 Å². The van der Waals surface area contributed by atoms with Gasteiger partial charge in [0.25, 0.3) is 0 Å². The van der Waals surface area contributed by atoms with Crippen LogP contribution in [0.15, 0.2) is 66.7 Å². The number of primary amides is 1. The SMILES string of the molecule is NC(=O)c1ccc(CN(C(=O)/C=C/c2ccc(-c3ccccc3Cl)s2)C2CC2)cc1. The Kier molecular flexibility index (Phi) is 6.02. The lowest BCUT2D eigenvalue weighted by atomic mass is 10.1. The Morgan fingerprint density at radius 3 is 2.47 bits per heavy atom. The summed E-state index contributed by atoms with van der Waals surface area (Å²) in [5.74, 6) is -0.462. The van der Waals surface area contributed by atoms with Gasteiger partial charge in [0, 0.05) is 44.6 Å². The molecule has 2 N–H and O–H groups in total. The molecule has 3 aromatic rings. The largest absolute Gasteiger partial charge is 0.366 e. The maximum atomic E-state index is 12.9. The van der Waals surface area contributed by atoms with Crippen molar-refractivity contribution in [2.75, 3.05) is 0 Å². The quantitative estimate of drug-likeness (QED) is 0.506. The molecule has 152 valence electrons. The molecule has 1 aromatic heterocycles. The molecule has 0 bridgehead atoms. The molecule has 2 aromatic carbocycles. The normalized spacial score (nSPS) is 13.5. The van der Waals surface area contributed by atoms with E-state index in [0.717, 1.165) is 33.7 Å². The van der Waals surface area contributed by atoms with Crippen LogP contribution in [0.5, 0.6) is 0 Å². The molecule has 1 heterocycles. The van der Waals surface area contributed by atoms with Crippen LogP contribution >= 0.6 is 22.9 Å². The van der Waals surface area contributed by atoms with Gasteiger partial charge in [0.2, 0.25) is 11.8 Å². The fourth-order valence-electron chi connectivity index (χ4n) is 3.24. The minimum atomic E-state index is -0.452. The number of amides is 2. The third kappa shape index (κ3) is 4.81. The number of carbonyl (C=O) groups excluding carboxylic acids is 2. The van der Waals surface area contributed by atoms with Crippen molar-refractivity contribution in [3.8, 4) is 10.4 Å². The topological polar surface area (TPSA) is 63.4 Å². The highest BCUT2D eigenvalue weighted by atomic mass is 35.5. The van der Waals surface area contributed by atoms with Crippen LogP contribution in [0.2, 0.25) is 5.02 Å². The first-order chi connectivity index (χ1) is 14.5. The highest BCUT2D eigenvalue weighted by molar-refractivity contribution is 7.16. The van der Waals surface area contributed by atoms with E-state index in [9.17, 15) is 9.59 Å². The summed E-state index contributed by atoms with van der Waals surface area (Å²) >= 11 is 7.89. The number of nitrogens with zero attached hydrogens (tertiary/aromatic N) is 1. The molecule has 30 heavy (non-hydrogen) atoms. The zero-order valence-electron chi connectivity index (χ0n) is 16.3. The van der Waals surface area contributed by atoms with Gasteiger partial charge in [0.15, 0.2) is 0 Å². The standard InChI is InChI=1S/C24H21ClN2O2S/c25-21-4-2-1-3-20(21)22-13-11-19(30-22)12-14-23(28)27(18-9-10-18)15-16-5-7-17(8-6-16)24(26)29/h1-8,11-14,18H,9-10,15H2,(H2,26,29)/b14-12+. The summed E-state index contributed by atoms with van der Waals surface area (Å²) in [7, 11) is 0. The minimum Gasteiger partial charge on any atom is -0.366 e. The van der Waals surface area contributed by atoms with Gasteiger partial charge >= 0.3 is 0 Å². The first kappa shape index (κ1) is 20.4. The zero-order valence-corrected chi connectivity index (χ0v) is 17.8. The first-order valence-corrected chi connectivity index (χ1v) is 10.9. The van der Waals surface area contributed by atoms with Crippen LogP contribution in [0.1, 0.15) is 33.6 Å². The Hall–Kier alpha value is -2.89. The molecule has 0 radical (unpaired) electrons. The van der Waals surface area contributed by atoms with Gasteiger partial charge in [-0.1, -0.05) is 41.9 Å². The third-order valence-corrected chi connectivity index (χ3v) is 6.43. The van der Waals surface area contributed by atoms with Crippen molar-refractivity contribution in [2.24, 2.45) is 5.73 Å². The van der Waals surface area contributed by atoms with Gasteiger partial charge in [-0.15, -0.1) is 11.3 Å². The molecule has 0 unspecified atom stereocenters. The molecule has 1 aliphatic carbocycles. The number of carbonyl (C=O) groups is 2. The van der Waals surface area contributed by atoms with Crippen molar-refractivity contribution in [3.63, 3.8) is 0 Å². The first-order valence-electron chi connectivity index (χ1n) is 9.73. The van der Waals surface area contributed by atoms with Crippen LogP contribution in [0, 0.1) is 0 Å². The predicted molar refractivity (Wildman–Crippen MR) is 122 cm³/mol. The predicted octanol–water partition coefficient (Wildman–Crippen LogP) is 5.37. The number of nitrogens with two attached hydrogens (primary N) is 1. The van der Waals surface area contributed by atoms with Gasteiger partial charge in [-0.3, -0.25) is 9.59 Å².